The zero-order chi connectivity index (χ0) is 19.3. The third kappa shape index (κ3) is 2.54. The molecule has 0 amide bonds. The number of aromatic nitrogens is 2. The van der Waals surface area contributed by atoms with Gasteiger partial charge in [0.05, 0.1) is 28.8 Å². The number of benzene rings is 2. The molecule has 0 fully saturated rings. The highest BCUT2D eigenvalue weighted by Gasteiger charge is 2.43. The summed E-state index contributed by atoms with van der Waals surface area (Å²) in [6, 6.07) is 17.3. The first kappa shape index (κ1) is 17.7. The van der Waals surface area contributed by atoms with E-state index in [1.54, 1.807) is 0 Å². The van der Waals surface area contributed by atoms with E-state index in [4.69, 9.17) is 0 Å². The second-order valence-corrected chi connectivity index (χ2v) is 7.96. The summed E-state index contributed by atoms with van der Waals surface area (Å²) in [5.74, 6) is 1.04. The van der Waals surface area contributed by atoms with Crippen LogP contribution in [0.5, 0.6) is 0 Å². The number of fused-ring (bicyclic) bond motifs is 1. The van der Waals surface area contributed by atoms with Gasteiger partial charge in [-0.25, -0.2) is 4.98 Å². The van der Waals surface area contributed by atoms with Crippen molar-refractivity contribution in [1.29, 1.82) is 0 Å². The molecule has 4 rings (SSSR count). The van der Waals surface area contributed by atoms with Crippen molar-refractivity contribution in [2.75, 3.05) is 9.80 Å². The van der Waals surface area contributed by atoms with Gasteiger partial charge in [-0.1, -0.05) is 30.3 Å². The Kier molecular flexibility index (Phi) is 4.02. The molecule has 0 saturated heterocycles. The van der Waals surface area contributed by atoms with Gasteiger partial charge in [0.2, 0.25) is 0 Å². The van der Waals surface area contributed by atoms with Crippen molar-refractivity contribution in [2.24, 2.45) is 7.05 Å². The molecule has 3 aromatic rings. The maximum atomic E-state index is 4.55. The van der Waals surface area contributed by atoms with Crippen molar-refractivity contribution >= 4 is 17.1 Å². The average Bonchev–Trinajstić information content (AvgIpc) is 3.13. The Bertz CT molecular complexity index is 986. The predicted molar refractivity (Wildman–Crippen MR) is 113 cm³/mol. The number of hydrogen-bond donors (Lipinski definition) is 0. The fraction of sp³-hybridized carbons (Fsp3) is 0.348. The lowest BCUT2D eigenvalue weighted by molar-refractivity contribution is 0.424. The van der Waals surface area contributed by atoms with Gasteiger partial charge in [0, 0.05) is 12.7 Å². The number of imidazole rings is 1. The highest BCUT2D eigenvalue weighted by molar-refractivity contribution is 5.85. The number of rotatable bonds is 3. The van der Waals surface area contributed by atoms with Gasteiger partial charge in [0.1, 0.15) is 12.0 Å². The van der Waals surface area contributed by atoms with Crippen LogP contribution < -0.4 is 9.80 Å². The largest absolute Gasteiger partial charge is 0.339 e. The molecule has 0 aliphatic carbocycles. The molecule has 2 heterocycles. The van der Waals surface area contributed by atoms with Crippen LogP contribution in [0.25, 0.3) is 0 Å². The van der Waals surface area contributed by atoms with Gasteiger partial charge in [-0.2, -0.15) is 0 Å². The Hall–Kier alpha value is -2.75. The quantitative estimate of drug-likeness (QED) is 0.635. The summed E-state index contributed by atoms with van der Waals surface area (Å²) in [6.45, 7) is 11.1. The summed E-state index contributed by atoms with van der Waals surface area (Å²) in [4.78, 5) is 9.52. The summed E-state index contributed by atoms with van der Waals surface area (Å²) in [6.07, 6.45) is 2.20. The maximum absolute atomic E-state index is 4.55. The first-order valence-corrected chi connectivity index (χ1v) is 9.56. The number of para-hydroxylation sites is 3. The SMILES string of the molecule is Cc1ccccc1N1c2ccccc2N(C(C)(C)c2cnc(C)n2C)[C@@H]1C. The Morgan fingerprint density at radius 1 is 0.889 bits per heavy atom. The second-order valence-electron chi connectivity index (χ2n) is 7.96. The molecule has 0 spiro atoms. The third-order valence-electron chi connectivity index (χ3n) is 5.97. The normalized spacial score (nSPS) is 16.7. The van der Waals surface area contributed by atoms with Crippen LogP contribution in [0.3, 0.4) is 0 Å². The van der Waals surface area contributed by atoms with Crippen LogP contribution in [-0.4, -0.2) is 15.7 Å². The molecule has 0 unspecified atom stereocenters. The highest BCUT2D eigenvalue weighted by Crippen LogP contribution is 2.49. The van der Waals surface area contributed by atoms with Crippen LogP contribution in [0.2, 0.25) is 0 Å². The molecule has 27 heavy (non-hydrogen) atoms. The molecule has 1 aliphatic heterocycles. The Labute approximate surface area is 162 Å². The summed E-state index contributed by atoms with van der Waals surface area (Å²) in [5.41, 5.74) is 6.08. The summed E-state index contributed by atoms with van der Waals surface area (Å²) < 4.78 is 2.20. The minimum atomic E-state index is -0.205. The molecular weight excluding hydrogens is 332 g/mol. The van der Waals surface area contributed by atoms with Crippen LogP contribution >= 0.6 is 0 Å². The number of nitrogens with zero attached hydrogens (tertiary/aromatic N) is 4. The van der Waals surface area contributed by atoms with Crippen molar-refractivity contribution in [1.82, 2.24) is 9.55 Å². The third-order valence-corrected chi connectivity index (χ3v) is 5.97. The van der Waals surface area contributed by atoms with E-state index >= 15 is 0 Å². The van der Waals surface area contributed by atoms with E-state index in [2.05, 4.69) is 110 Å². The lowest BCUT2D eigenvalue weighted by Gasteiger charge is -2.42. The van der Waals surface area contributed by atoms with Gasteiger partial charge < -0.3 is 14.4 Å². The summed E-state index contributed by atoms with van der Waals surface area (Å²) in [5, 5.41) is 0. The zero-order valence-corrected chi connectivity index (χ0v) is 17.1. The molecule has 2 aromatic carbocycles. The second kappa shape index (κ2) is 6.15. The predicted octanol–water partition coefficient (Wildman–Crippen LogP) is 5.28. The zero-order valence-electron chi connectivity index (χ0n) is 17.1. The molecule has 4 heteroatoms. The molecule has 1 aromatic heterocycles. The van der Waals surface area contributed by atoms with E-state index in [9.17, 15) is 0 Å². The van der Waals surface area contributed by atoms with E-state index in [0.717, 1.165) is 5.82 Å². The fourth-order valence-corrected chi connectivity index (χ4v) is 4.52. The molecule has 4 nitrogen and oxygen atoms in total. The fourth-order valence-electron chi connectivity index (χ4n) is 4.52. The summed E-state index contributed by atoms with van der Waals surface area (Å²) >= 11 is 0. The van der Waals surface area contributed by atoms with Crippen LogP contribution in [-0.2, 0) is 12.6 Å². The van der Waals surface area contributed by atoms with Gasteiger partial charge >= 0.3 is 0 Å². The van der Waals surface area contributed by atoms with Crippen molar-refractivity contribution in [3.8, 4) is 0 Å². The van der Waals surface area contributed by atoms with Gasteiger partial charge in [-0.3, -0.25) is 0 Å². The first-order valence-electron chi connectivity index (χ1n) is 9.56. The minimum absolute atomic E-state index is 0.189. The molecule has 140 valence electrons. The van der Waals surface area contributed by atoms with Gasteiger partial charge in [0.25, 0.3) is 0 Å². The minimum Gasteiger partial charge on any atom is -0.339 e. The number of hydrogen-bond acceptors (Lipinski definition) is 3. The highest BCUT2D eigenvalue weighted by atomic mass is 15.4. The topological polar surface area (TPSA) is 24.3 Å². The van der Waals surface area contributed by atoms with Crippen molar-refractivity contribution in [2.45, 2.75) is 46.3 Å². The van der Waals surface area contributed by atoms with E-state index in [-0.39, 0.29) is 11.7 Å². The standard InChI is InChI=1S/C23H28N4/c1-16-11-7-8-12-19(16)26-18(3)27(21-14-10-9-13-20(21)26)23(4,5)22-15-24-17(2)25(22)6/h7-15,18H,1-6H3/t18-/m1/s1. The molecule has 1 atom stereocenters. The molecule has 0 saturated carbocycles. The Balaban J connectivity index is 1.88. The summed E-state index contributed by atoms with van der Waals surface area (Å²) in [7, 11) is 2.10. The van der Waals surface area contributed by atoms with Crippen LogP contribution in [0.1, 0.15) is 37.9 Å². The molecule has 0 N–H and O–H groups in total. The van der Waals surface area contributed by atoms with Crippen molar-refractivity contribution in [3.05, 3.63) is 71.8 Å². The molecule has 0 radical (unpaired) electrons. The monoisotopic (exact) mass is 360 g/mol. The van der Waals surface area contributed by atoms with Crippen molar-refractivity contribution in [3.63, 3.8) is 0 Å². The lowest BCUT2D eigenvalue weighted by atomic mass is 9.97. The molecule has 1 aliphatic rings. The number of aryl methyl sites for hydroxylation is 2. The van der Waals surface area contributed by atoms with Gasteiger partial charge in [-0.15, -0.1) is 0 Å². The maximum Gasteiger partial charge on any atom is 0.105 e. The van der Waals surface area contributed by atoms with E-state index in [1.807, 2.05) is 6.20 Å². The van der Waals surface area contributed by atoms with E-state index in [1.165, 1.54) is 28.3 Å². The smallest absolute Gasteiger partial charge is 0.105 e. The van der Waals surface area contributed by atoms with E-state index in [0.29, 0.717) is 0 Å². The van der Waals surface area contributed by atoms with Crippen molar-refractivity contribution < 1.29 is 0 Å². The van der Waals surface area contributed by atoms with Gasteiger partial charge in [0.15, 0.2) is 0 Å². The van der Waals surface area contributed by atoms with Crippen LogP contribution in [0, 0.1) is 13.8 Å². The van der Waals surface area contributed by atoms with Crippen LogP contribution in [0.15, 0.2) is 54.7 Å². The Morgan fingerprint density at radius 3 is 2.07 bits per heavy atom. The first-order chi connectivity index (χ1) is 12.8. The number of anilines is 3. The molecule has 0 bridgehead atoms. The molecular formula is C23H28N4. The van der Waals surface area contributed by atoms with E-state index < -0.39 is 0 Å². The lowest BCUT2D eigenvalue weighted by Crippen LogP contribution is -2.50. The van der Waals surface area contributed by atoms with Gasteiger partial charge in [-0.05, 0) is 58.4 Å². The van der Waals surface area contributed by atoms with Crippen LogP contribution in [0.4, 0.5) is 17.1 Å². The average molecular weight is 361 g/mol. The Morgan fingerprint density at radius 2 is 1.48 bits per heavy atom.